The summed E-state index contributed by atoms with van der Waals surface area (Å²) in [7, 11) is -3.68. The predicted molar refractivity (Wildman–Crippen MR) is 130 cm³/mol. The number of ether oxygens (including phenoxy) is 2. The lowest BCUT2D eigenvalue weighted by Gasteiger charge is -2.31. The molecular weight excluding hydrogens is 510 g/mol. The third kappa shape index (κ3) is 6.06. The van der Waals surface area contributed by atoms with Crippen LogP contribution in [0.15, 0.2) is 51.8 Å². The average Bonchev–Trinajstić information content (AvgIpc) is 2.84. The number of morpholine rings is 1. The molecule has 2 aromatic rings. The molecule has 2 saturated heterocycles. The Hall–Kier alpha value is -2.14. The van der Waals surface area contributed by atoms with E-state index < -0.39 is 10.0 Å². The van der Waals surface area contributed by atoms with Crippen LogP contribution in [0.3, 0.4) is 0 Å². The Morgan fingerprint density at radius 1 is 1.03 bits per heavy atom. The molecule has 2 fully saturated rings. The van der Waals surface area contributed by atoms with Gasteiger partial charge in [-0.1, -0.05) is 22.0 Å². The zero-order valence-electron chi connectivity index (χ0n) is 18.3. The topological polar surface area (TPSA) is 88.2 Å². The van der Waals surface area contributed by atoms with Crippen molar-refractivity contribution in [1.29, 1.82) is 0 Å². The van der Waals surface area contributed by atoms with E-state index in [-0.39, 0.29) is 17.4 Å². The van der Waals surface area contributed by atoms with E-state index in [1.54, 1.807) is 30.3 Å². The summed E-state index contributed by atoms with van der Waals surface area (Å²) >= 11 is 3.38. The summed E-state index contributed by atoms with van der Waals surface area (Å²) in [6, 6.07) is 12.2. The van der Waals surface area contributed by atoms with E-state index in [2.05, 4.69) is 26.1 Å². The Morgan fingerprint density at radius 3 is 2.52 bits per heavy atom. The molecule has 1 N–H and O–H groups in total. The van der Waals surface area contributed by atoms with Gasteiger partial charge < -0.3 is 19.7 Å². The normalized spacial score (nSPS) is 17.5. The molecule has 0 saturated carbocycles. The van der Waals surface area contributed by atoms with E-state index in [4.69, 9.17) is 9.47 Å². The van der Waals surface area contributed by atoms with Gasteiger partial charge in [0.05, 0.1) is 29.5 Å². The van der Waals surface area contributed by atoms with Crippen LogP contribution < -0.4 is 15.0 Å². The summed E-state index contributed by atoms with van der Waals surface area (Å²) in [5.74, 6) is 0.216. The van der Waals surface area contributed by atoms with Gasteiger partial charge in [0.2, 0.25) is 10.0 Å². The lowest BCUT2D eigenvalue weighted by Crippen LogP contribution is -2.40. The summed E-state index contributed by atoms with van der Waals surface area (Å²) in [5, 5.41) is 2.88. The summed E-state index contributed by atoms with van der Waals surface area (Å²) < 4.78 is 39.5. The second kappa shape index (κ2) is 10.9. The molecule has 0 bridgehead atoms. The molecule has 0 aromatic heterocycles. The molecule has 4 rings (SSSR count). The number of halogens is 1. The number of hydrogen-bond donors (Lipinski definition) is 1. The van der Waals surface area contributed by atoms with Gasteiger partial charge in [-0.15, -0.1) is 0 Å². The zero-order chi connectivity index (χ0) is 23.3. The Labute approximate surface area is 203 Å². The molecule has 1 amide bonds. The number of carbonyl (C=O) groups is 1. The highest BCUT2D eigenvalue weighted by Crippen LogP contribution is 2.32. The first-order chi connectivity index (χ1) is 15.9. The fourth-order valence-electron chi connectivity index (χ4n) is 4.01. The van der Waals surface area contributed by atoms with Gasteiger partial charge in [-0.25, -0.2) is 8.42 Å². The molecule has 178 valence electrons. The Balaban J connectivity index is 1.56. The number of benzene rings is 2. The molecular formula is C23H28BrN3O5S. The van der Waals surface area contributed by atoms with Gasteiger partial charge in [-0.3, -0.25) is 4.79 Å². The zero-order valence-corrected chi connectivity index (χ0v) is 20.7. The number of piperidine rings is 1. The number of anilines is 2. The number of rotatable bonds is 7. The maximum atomic E-state index is 13.2. The number of sulfonamides is 1. The summed E-state index contributed by atoms with van der Waals surface area (Å²) in [6.07, 6.45) is 3.29. The van der Waals surface area contributed by atoms with Crippen molar-refractivity contribution in [2.24, 2.45) is 0 Å². The molecule has 2 heterocycles. The van der Waals surface area contributed by atoms with Crippen LogP contribution in [0, 0.1) is 0 Å². The minimum atomic E-state index is -3.68. The SMILES string of the molecule is O=C(COc1cccc(Br)c1)Nc1cc(S(=O)(=O)N2CCOCC2)ccc1N1CCCCC1. The van der Waals surface area contributed by atoms with Crippen molar-refractivity contribution in [2.45, 2.75) is 24.2 Å². The molecule has 0 unspecified atom stereocenters. The fraction of sp³-hybridized carbons (Fsp3) is 0.435. The second-order valence-corrected chi connectivity index (χ2v) is 10.9. The molecule has 0 spiro atoms. The Morgan fingerprint density at radius 2 is 1.79 bits per heavy atom. The van der Waals surface area contributed by atoms with E-state index in [1.165, 1.54) is 10.7 Å². The predicted octanol–water partition coefficient (Wildman–Crippen LogP) is 3.48. The first-order valence-electron chi connectivity index (χ1n) is 11.1. The summed E-state index contributed by atoms with van der Waals surface area (Å²) in [5.41, 5.74) is 1.31. The number of nitrogens with one attached hydrogen (secondary N) is 1. The van der Waals surface area contributed by atoms with E-state index in [0.717, 1.165) is 36.1 Å². The van der Waals surface area contributed by atoms with Crippen molar-refractivity contribution in [3.05, 3.63) is 46.9 Å². The highest BCUT2D eigenvalue weighted by atomic mass is 79.9. The first kappa shape index (κ1) is 24.0. The average molecular weight is 538 g/mol. The molecule has 8 nitrogen and oxygen atoms in total. The van der Waals surface area contributed by atoms with Crippen molar-refractivity contribution in [1.82, 2.24) is 4.31 Å². The van der Waals surface area contributed by atoms with Crippen LogP contribution in [0.25, 0.3) is 0 Å². The molecule has 2 aliphatic heterocycles. The fourth-order valence-corrected chi connectivity index (χ4v) is 5.83. The molecule has 0 aliphatic carbocycles. The van der Waals surface area contributed by atoms with E-state index in [0.29, 0.717) is 37.7 Å². The third-order valence-electron chi connectivity index (χ3n) is 5.71. The third-order valence-corrected chi connectivity index (χ3v) is 8.10. The minimum Gasteiger partial charge on any atom is -0.484 e. The lowest BCUT2D eigenvalue weighted by atomic mass is 10.1. The molecule has 2 aliphatic rings. The van der Waals surface area contributed by atoms with E-state index in [9.17, 15) is 13.2 Å². The minimum absolute atomic E-state index is 0.161. The number of hydrogen-bond acceptors (Lipinski definition) is 6. The lowest BCUT2D eigenvalue weighted by molar-refractivity contribution is -0.118. The van der Waals surface area contributed by atoms with Crippen molar-refractivity contribution in [3.63, 3.8) is 0 Å². The smallest absolute Gasteiger partial charge is 0.262 e. The van der Waals surface area contributed by atoms with Crippen LogP contribution in [0.1, 0.15) is 19.3 Å². The standard InChI is InChI=1S/C23H28BrN3O5S/c24-18-5-4-6-19(15-18)32-17-23(28)25-21-16-20(33(29,30)27-11-13-31-14-12-27)7-8-22(21)26-9-2-1-3-10-26/h4-8,15-16H,1-3,9-14,17H2,(H,25,28). The quantitative estimate of drug-likeness (QED) is 0.581. The summed E-state index contributed by atoms with van der Waals surface area (Å²) in [6.45, 7) is 2.94. The number of carbonyl (C=O) groups excluding carboxylic acids is 1. The van der Waals surface area contributed by atoms with E-state index >= 15 is 0 Å². The Bertz CT molecular complexity index is 1080. The van der Waals surface area contributed by atoms with Crippen LogP contribution >= 0.6 is 15.9 Å². The van der Waals surface area contributed by atoms with Gasteiger partial charge in [0.15, 0.2) is 6.61 Å². The number of amides is 1. The summed E-state index contributed by atoms with van der Waals surface area (Å²) in [4.78, 5) is 15.1. The van der Waals surface area contributed by atoms with Gasteiger partial charge >= 0.3 is 0 Å². The maximum absolute atomic E-state index is 13.2. The van der Waals surface area contributed by atoms with Crippen LogP contribution in [-0.4, -0.2) is 64.6 Å². The van der Waals surface area contributed by atoms with Crippen molar-refractivity contribution < 1.29 is 22.7 Å². The van der Waals surface area contributed by atoms with Crippen molar-refractivity contribution in [2.75, 3.05) is 56.2 Å². The number of nitrogens with zero attached hydrogens (tertiary/aromatic N) is 2. The van der Waals surface area contributed by atoms with Crippen LogP contribution in [0.2, 0.25) is 0 Å². The monoisotopic (exact) mass is 537 g/mol. The molecule has 0 atom stereocenters. The van der Waals surface area contributed by atoms with Crippen molar-refractivity contribution in [3.8, 4) is 5.75 Å². The van der Waals surface area contributed by atoms with Gasteiger partial charge in [0.1, 0.15) is 5.75 Å². The highest BCUT2D eigenvalue weighted by molar-refractivity contribution is 9.10. The molecule has 33 heavy (non-hydrogen) atoms. The molecule has 10 heteroatoms. The Kier molecular flexibility index (Phi) is 7.90. The van der Waals surface area contributed by atoms with Crippen molar-refractivity contribution >= 4 is 43.2 Å². The largest absolute Gasteiger partial charge is 0.484 e. The van der Waals surface area contributed by atoms with Gasteiger partial charge in [0, 0.05) is 30.7 Å². The van der Waals surface area contributed by atoms with Crippen LogP contribution in [-0.2, 0) is 19.6 Å². The van der Waals surface area contributed by atoms with Crippen LogP contribution in [0.5, 0.6) is 5.75 Å². The van der Waals surface area contributed by atoms with Gasteiger partial charge in [-0.2, -0.15) is 4.31 Å². The van der Waals surface area contributed by atoms with Gasteiger partial charge in [0.25, 0.3) is 5.91 Å². The highest BCUT2D eigenvalue weighted by Gasteiger charge is 2.28. The second-order valence-electron chi connectivity index (χ2n) is 8.04. The van der Waals surface area contributed by atoms with E-state index in [1.807, 2.05) is 12.1 Å². The van der Waals surface area contributed by atoms with Gasteiger partial charge in [-0.05, 0) is 55.7 Å². The maximum Gasteiger partial charge on any atom is 0.262 e. The molecule has 2 aromatic carbocycles. The van der Waals surface area contributed by atoms with Crippen LogP contribution in [0.4, 0.5) is 11.4 Å². The first-order valence-corrected chi connectivity index (χ1v) is 13.3. The molecule has 0 radical (unpaired) electrons.